The molecule has 0 radical (unpaired) electrons. The molecule has 0 unspecified atom stereocenters. The fourth-order valence-corrected chi connectivity index (χ4v) is 10.2. The Balaban J connectivity index is 1.18. The maximum Gasteiger partial charge on any atom is 0.0547 e. The number of aromatic nitrogens is 1. The van der Waals surface area contributed by atoms with Gasteiger partial charge < -0.3 is 4.57 Å². The molecular weight excluding hydrogens is 631 g/mol. The largest absolute Gasteiger partial charge is 0.309 e. The third-order valence-electron chi connectivity index (χ3n) is 10.2. The predicted molar refractivity (Wildman–Crippen MR) is 215 cm³/mol. The van der Waals surface area contributed by atoms with Gasteiger partial charge in [-0.05, 0) is 87.6 Å². The fraction of sp³-hybridized carbons (Fsp3) is 0. The van der Waals surface area contributed by atoms with Crippen LogP contribution in [0.2, 0.25) is 0 Å². The molecule has 0 saturated carbocycles. The van der Waals surface area contributed by atoms with Gasteiger partial charge in [-0.15, -0.1) is 22.7 Å². The Kier molecular flexibility index (Phi) is 5.77. The zero-order valence-electron chi connectivity index (χ0n) is 26.4. The van der Waals surface area contributed by atoms with Gasteiger partial charge in [-0.1, -0.05) is 109 Å². The van der Waals surface area contributed by atoms with E-state index in [0.29, 0.717) is 0 Å². The first kappa shape index (κ1) is 27.2. The van der Waals surface area contributed by atoms with Crippen molar-refractivity contribution in [1.29, 1.82) is 0 Å². The second kappa shape index (κ2) is 10.4. The molecular formula is C46H27NS2. The van der Waals surface area contributed by atoms with E-state index in [1.807, 2.05) is 22.7 Å². The van der Waals surface area contributed by atoms with Crippen molar-refractivity contribution in [1.82, 2.24) is 4.57 Å². The van der Waals surface area contributed by atoms with Crippen LogP contribution in [0.15, 0.2) is 164 Å². The summed E-state index contributed by atoms with van der Waals surface area (Å²) in [7, 11) is 0. The van der Waals surface area contributed by atoms with Crippen molar-refractivity contribution in [3.8, 4) is 27.9 Å². The number of benzene rings is 8. The van der Waals surface area contributed by atoms with E-state index in [4.69, 9.17) is 0 Å². The quantitative estimate of drug-likeness (QED) is 0.178. The number of hydrogen-bond donors (Lipinski definition) is 0. The zero-order chi connectivity index (χ0) is 32.1. The Morgan fingerprint density at radius 2 is 1.04 bits per heavy atom. The van der Waals surface area contributed by atoms with Crippen molar-refractivity contribution in [3.63, 3.8) is 0 Å². The summed E-state index contributed by atoms with van der Waals surface area (Å²) in [5, 5.41) is 10.4. The minimum Gasteiger partial charge on any atom is -0.309 e. The van der Waals surface area contributed by atoms with Crippen LogP contribution in [-0.4, -0.2) is 4.57 Å². The van der Waals surface area contributed by atoms with Crippen molar-refractivity contribution in [2.45, 2.75) is 0 Å². The SMILES string of the molecule is c1ccc2cc(-c3ccc4c5cc(-c6cccc7c6sc6ccccc67)ccc5n(-c5ccc6sc7ccccc7c6c5)c4c3)ccc2c1. The molecule has 49 heavy (non-hydrogen) atoms. The maximum atomic E-state index is 2.48. The second-order valence-electron chi connectivity index (χ2n) is 12.9. The predicted octanol–water partition coefficient (Wildman–Crippen LogP) is 14.0. The van der Waals surface area contributed by atoms with Gasteiger partial charge in [-0.25, -0.2) is 0 Å². The minimum absolute atomic E-state index is 1.19. The molecule has 3 heterocycles. The summed E-state index contributed by atoms with van der Waals surface area (Å²) in [6, 6.07) is 60.8. The second-order valence-corrected chi connectivity index (χ2v) is 15.1. The maximum absolute atomic E-state index is 2.48. The molecule has 0 fully saturated rings. The van der Waals surface area contributed by atoms with Crippen LogP contribution < -0.4 is 0 Å². The first-order chi connectivity index (χ1) is 24.3. The number of hydrogen-bond acceptors (Lipinski definition) is 2. The summed E-state index contributed by atoms with van der Waals surface area (Å²) in [6.45, 7) is 0. The van der Waals surface area contributed by atoms with Crippen molar-refractivity contribution in [3.05, 3.63) is 164 Å². The van der Waals surface area contributed by atoms with Crippen LogP contribution in [0.3, 0.4) is 0 Å². The van der Waals surface area contributed by atoms with E-state index >= 15 is 0 Å². The molecule has 0 spiro atoms. The van der Waals surface area contributed by atoms with E-state index in [1.165, 1.54) is 101 Å². The highest BCUT2D eigenvalue weighted by molar-refractivity contribution is 7.26. The molecule has 0 aliphatic rings. The van der Waals surface area contributed by atoms with Crippen LogP contribution in [0, 0.1) is 0 Å². The lowest BCUT2D eigenvalue weighted by atomic mass is 9.99. The van der Waals surface area contributed by atoms with E-state index in [-0.39, 0.29) is 0 Å². The summed E-state index contributed by atoms with van der Waals surface area (Å²) in [5.41, 5.74) is 8.62. The van der Waals surface area contributed by atoms with Crippen molar-refractivity contribution in [2.75, 3.05) is 0 Å². The Morgan fingerprint density at radius 1 is 0.347 bits per heavy atom. The Morgan fingerprint density at radius 3 is 1.94 bits per heavy atom. The molecule has 0 amide bonds. The van der Waals surface area contributed by atoms with Gasteiger partial charge in [-0.2, -0.15) is 0 Å². The molecule has 0 atom stereocenters. The van der Waals surface area contributed by atoms with Crippen LogP contribution in [0.1, 0.15) is 0 Å². The highest BCUT2D eigenvalue weighted by atomic mass is 32.1. The summed E-state index contributed by atoms with van der Waals surface area (Å²) in [6.07, 6.45) is 0. The van der Waals surface area contributed by atoms with E-state index in [2.05, 4.69) is 168 Å². The fourth-order valence-electron chi connectivity index (χ4n) is 7.84. The van der Waals surface area contributed by atoms with E-state index in [1.54, 1.807) is 0 Å². The van der Waals surface area contributed by atoms with Gasteiger partial charge in [0.1, 0.15) is 0 Å². The topological polar surface area (TPSA) is 4.93 Å². The number of thiophene rings is 2. The average molecular weight is 658 g/mol. The standard InChI is InChI=1S/C46H27NS2/c1-2-9-29-24-30(17-16-28(29)8-1)31-18-21-35-39-25-32(34-12-7-13-38-36-10-3-6-15-44(36)49-46(34)38)19-22-41(39)47(42(35)26-31)33-20-23-45-40(27-33)37-11-4-5-14-43(37)48-45/h1-27H. The van der Waals surface area contributed by atoms with Gasteiger partial charge in [-0.3, -0.25) is 0 Å². The highest BCUT2D eigenvalue weighted by Crippen LogP contribution is 2.43. The number of fused-ring (bicyclic) bond motifs is 10. The van der Waals surface area contributed by atoms with Gasteiger partial charge in [0.25, 0.3) is 0 Å². The average Bonchev–Trinajstić information content (AvgIpc) is 3.83. The first-order valence-corrected chi connectivity index (χ1v) is 18.3. The van der Waals surface area contributed by atoms with Crippen LogP contribution in [0.4, 0.5) is 0 Å². The smallest absolute Gasteiger partial charge is 0.0547 e. The molecule has 0 saturated heterocycles. The molecule has 0 aliphatic carbocycles. The molecule has 11 aromatic rings. The van der Waals surface area contributed by atoms with E-state index in [0.717, 1.165) is 0 Å². The van der Waals surface area contributed by atoms with E-state index in [9.17, 15) is 0 Å². The van der Waals surface area contributed by atoms with Crippen LogP contribution in [0.25, 0.3) is 101 Å². The summed E-state index contributed by atoms with van der Waals surface area (Å²) >= 11 is 3.76. The lowest BCUT2D eigenvalue weighted by molar-refractivity contribution is 1.19. The third-order valence-corrected chi connectivity index (χ3v) is 12.6. The van der Waals surface area contributed by atoms with Crippen molar-refractivity contribution >= 4 is 95.6 Å². The van der Waals surface area contributed by atoms with Gasteiger partial charge in [0, 0.05) is 56.8 Å². The summed E-state index contributed by atoms with van der Waals surface area (Å²) in [5.74, 6) is 0. The highest BCUT2D eigenvalue weighted by Gasteiger charge is 2.17. The van der Waals surface area contributed by atoms with Gasteiger partial charge in [0.15, 0.2) is 0 Å². The van der Waals surface area contributed by atoms with Gasteiger partial charge >= 0.3 is 0 Å². The summed E-state index contributed by atoms with van der Waals surface area (Å²) in [4.78, 5) is 0. The Labute approximate surface area is 290 Å². The molecule has 1 nitrogen and oxygen atoms in total. The minimum atomic E-state index is 1.19. The zero-order valence-corrected chi connectivity index (χ0v) is 28.0. The molecule has 11 rings (SSSR count). The van der Waals surface area contributed by atoms with Gasteiger partial charge in [0.05, 0.1) is 11.0 Å². The molecule has 8 aromatic carbocycles. The van der Waals surface area contributed by atoms with Crippen molar-refractivity contribution < 1.29 is 0 Å². The van der Waals surface area contributed by atoms with Crippen LogP contribution >= 0.6 is 22.7 Å². The lowest BCUT2D eigenvalue weighted by Crippen LogP contribution is -1.94. The molecule has 0 bridgehead atoms. The Bertz CT molecular complexity index is 3120. The lowest BCUT2D eigenvalue weighted by Gasteiger charge is -2.10. The number of nitrogens with zero attached hydrogens (tertiary/aromatic N) is 1. The first-order valence-electron chi connectivity index (χ1n) is 16.7. The Hall–Kier alpha value is -5.74. The monoisotopic (exact) mass is 657 g/mol. The van der Waals surface area contributed by atoms with E-state index < -0.39 is 0 Å². The molecule has 228 valence electrons. The van der Waals surface area contributed by atoms with Crippen molar-refractivity contribution in [2.24, 2.45) is 0 Å². The molecule has 0 aliphatic heterocycles. The normalized spacial score (nSPS) is 12.1. The summed E-state index contributed by atoms with van der Waals surface area (Å²) < 4.78 is 7.81. The molecule has 0 N–H and O–H groups in total. The van der Waals surface area contributed by atoms with Crippen LogP contribution in [-0.2, 0) is 0 Å². The van der Waals surface area contributed by atoms with Crippen LogP contribution in [0.5, 0.6) is 0 Å². The molecule has 3 aromatic heterocycles. The third kappa shape index (κ3) is 4.10. The van der Waals surface area contributed by atoms with Gasteiger partial charge in [0.2, 0.25) is 0 Å². The number of rotatable bonds is 3. The molecule has 3 heteroatoms.